The monoisotopic (exact) mass is 305 g/mol. The van der Waals surface area contributed by atoms with E-state index in [2.05, 4.69) is 0 Å². The molecule has 0 bridgehead atoms. The third-order valence-electron chi connectivity index (χ3n) is 4.16. The number of carbonyl (C=O) groups excluding carboxylic acids is 1. The summed E-state index contributed by atoms with van der Waals surface area (Å²) in [6.45, 7) is 5.18. The number of carboxylic acid groups (broad SMARTS) is 1. The van der Waals surface area contributed by atoms with Crippen LogP contribution in [0.4, 0.5) is 0 Å². The molecule has 1 unspecified atom stereocenters. The predicted molar refractivity (Wildman–Crippen MR) is 82.9 cm³/mol. The molecule has 1 aliphatic heterocycles. The lowest BCUT2D eigenvalue weighted by atomic mass is 9.82. The average molecular weight is 305 g/mol. The number of carbonyl (C=O) groups is 2. The van der Waals surface area contributed by atoms with Gasteiger partial charge in [-0.05, 0) is 44.4 Å². The second kappa shape index (κ2) is 6.81. The van der Waals surface area contributed by atoms with Crippen LogP contribution in [0.25, 0.3) is 0 Å². The summed E-state index contributed by atoms with van der Waals surface area (Å²) in [7, 11) is 0. The molecule has 5 heteroatoms. The van der Waals surface area contributed by atoms with Crippen LogP contribution in [0.1, 0.15) is 32.3 Å². The van der Waals surface area contributed by atoms with E-state index in [9.17, 15) is 14.7 Å². The molecule has 1 fully saturated rings. The van der Waals surface area contributed by atoms with Gasteiger partial charge in [0.25, 0.3) is 0 Å². The highest BCUT2D eigenvalue weighted by molar-refractivity contribution is 5.81. The number of aliphatic carboxylic acids is 1. The lowest BCUT2D eigenvalue weighted by Gasteiger charge is -2.37. The van der Waals surface area contributed by atoms with Crippen molar-refractivity contribution in [2.24, 2.45) is 5.41 Å². The molecule has 0 saturated carbocycles. The molecule has 1 aromatic carbocycles. The van der Waals surface area contributed by atoms with Crippen molar-refractivity contribution in [2.75, 3.05) is 19.7 Å². The lowest BCUT2D eigenvalue weighted by molar-refractivity contribution is -0.153. The van der Waals surface area contributed by atoms with Crippen molar-refractivity contribution in [1.29, 1.82) is 0 Å². The summed E-state index contributed by atoms with van der Waals surface area (Å²) in [5, 5.41) is 9.32. The quantitative estimate of drug-likeness (QED) is 0.906. The van der Waals surface area contributed by atoms with Crippen LogP contribution in [-0.4, -0.2) is 41.6 Å². The first-order valence-corrected chi connectivity index (χ1v) is 7.67. The molecular weight excluding hydrogens is 282 g/mol. The fourth-order valence-electron chi connectivity index (χ4n) is 2.78. The van der Waals surface area contributed by atoms with E-state index in [4.69, 9.17) is 4.74 Å². The van der Waals surface area contributed by atoms with Crippen LogP contribution >= 0.6 is 0 Å². The number of carboxylic acids is 1. The first kappa shape index (κ1) is 16.3. The Morgan fingerprint density at radius 3 is 2.59 bits per heavy atom. The molecule has 1 heterocycles. The molecule has 0 spiro atoms. The fraction of sp³-hybridized carbons (Fsp3) is 0.529. The normalized spacial score (nSPS) is 21.5. The summed E-state index contributed by atoms with van der Waals surface area (Å²) < 4.78 is 5.38. The van der Waals surface area contributed by atoms with E-state index >= 15 is 0 Å². The first-order chi connectivity index (χ1) is 10.4. The number of piperidine rings is 1. The highest BCUT2D eigenvalue weighted by Crippen LogP contribution is 2.30. The van der Waals surface area contributed by atoms with Gasteiger partial charge in [0.1, 0.15) is 5.75 Å². The maximum Gasteiger partial charge on any atom is 0.311 e. The summed E-state index contributed by atoms with van der Waals surface area (Å²) in [6.07, 6.45) is 1.65. The minimum Gasteiger partial charge on any atom is -0.494 e. The SMILES string of the molecule is CCOc1ccc(CC(=O)N2CCCC(C)(C(=O)O)C2)cc1. The Bertz CT molecular complexity index is 540. The Morgan fingerprint density at radius 1 is 1.32 bits per heavy atom. The topological polar surface area (TPSA) is 66.8 Å². The molecule has 1 aliphatic rings. The van der Waals surface area contributed by atoms with Crippen LogP contribution in [0.5, 0.6) is 5.75 Å². The second-order valence-corrected chi connectivity index (χ2v) is 6.04. The zero-order chi connectivity index (χ0) is 16.2. The Morgan fingerprint density at radius 2 is 2.00 bits per heavy atom. The van der Waals surface area contributed by atoms with Crippen LogP contribution in [0.15, 0.2) is 24.3 Å². The molecule has 2 rings (SSSR count). The minimum absolute atomic E-state index is 0.0173. The molecule has 1 aromatic rings. The van der Waals surface area contributed by atoms with Gasteiger partial charge in [-0.15, -0.1) is 0 Å². The van der Waals surface area contributed by atoms with E-state index in [1.165, 1.54) is 0 Å². The van der Waals surface area contributed by atoms with Gasteiger partial charge in [0.05, 0.1) is 18.4 Å². The van der Waals surface area contributed by atoms with E-state index in [1.807, 2.05) is 31.2 Å². The Labute approximate surface area is 130 Å². The molecule has 1 amide bonds. The van der Waals surface area contributed by atoms with Crippen molar-refractivity contribution < 1.29 is 19.4 Å². The molecule has 1 N–H and O–H groups in total. The standard InChI is InChI=1S/C17H23NO4/c1-3-22-14-7-5-13(6-8-14)11-15(19)18-10-4-9-17(2,12-18)16(20)21/h5-8H,3-4,9-12H2,1-2H3,(H,20,21). The smallest absolute Gasteiger partial charge is 0.311 e. The first-order valence-electron chi connectivity index (χ1n) is 7.67. The van der Waals surface area contributed by atoms with E-state index < -0.39 is 11.4 Å². The van der Waals surface area contributed by atoms with E-state index in [-0.39, 0.29) is 12.5 Å². The van der Waals surface area contributed by atoms with Gasteiger partial charge >= 0.3 is 5.97 Å². The third kappa shape index (κ3) is 3.78. The molecule has 5 nitrogen and oxygen atoms in total. The van der Waals surface area contributed by atoms with Crippen molar-refractivity contribution in [3.8, 4) is 5.75 Å². The molecular formula is C17H23NO4. The Kier molecular flexibility index (Phi) is 5.06. The number of ether oxygens (including phenoxy) is 1. The van der Waals surface area contributed by atoms with E-state index in [0.29, 0.717) is 26.0 Å². The molecule has 1 atom stereocenters. The van der Waals surface area contributed by atoms with Gasteiger partial charge in [-0.3, -0.25) is 9.59 Å². The lowest BCUT2D eigenvalue weighted by Crippen LogP contribution is -2.48. The van der Waals surface area contributed by atoms with Crippen molar-refractivity contribution in [2.45, 2.75) is 33.1 Å². The van der Waals surface area contributed by atoms with Crippen LogP contribution in [0.3, 0.4) is 0 Å². The Balaban J connectivity index is 1.98. The maximum absolute atomic E-state index is 12.4. The number of likely N-dealkylation sites (tertiary alicyclic amines) is 1. The predicted octanol–water partition coefficient (Wildman–Crippen LogP) is 2.34. The van der Waals surface area contributed by atoms with Gasteiger partial charge in [-0.1, -0.05) is 12.1 Å². The zero-order valence-electron chi connectivity index (χ0n) is 13.2. The van der Waals surface area contributed by atoms with Gasteiger partial charge in [0.2, 0.25) is 5.91 Å². The fourth-order valence-corrected chi connectivity index (χ4v) is 2.78. The van der Waals surface area contributed by atoms with Crippen molar-refractivity contribution in [3.05, 3.63) is 29.8 Å². The van der Waals surface area contributed by atoms with Crippen molar-refractivity contribution in [1.82, 2.24) is 4.90 Å². The van der Waals surface area contributed by atoms with E-state index in [0.717, 1.165) is 17.7 Å². The summed E-state index contributed by atoms with van der Waals surface area (Å²) in [6, 6.07) is 7.46. The Hall–Kier alpha value is -2.04. The van der Waals surface area contributed by atoms with Crippen molar-refractivity contribution in [3.63, 3.8) is 0 Å². The highest BCUT2D eigenvalue weighted by atomic mass is 16.5. The number of hydrogen-bond donors (Lipinski definition) is 1. The van der Waals surface area contributed by atoms with E-state index in [1.54, 1.807) is 11.8 Å². The third-order valence-corrected chi connectivity index (χ3v) is 4.16. The molecule has 0 aliphatic carbocycles. The van der Waals surface area contributed by atoms with Gasteiger partial charge in [-0.2, -0.15) is 0 Å². The second-order valence-electron chi connectivity index (χ2n) is 6.04. The van der Waals surface area contributed by atoms with Gasteiger partial charge in [0, 0.05) is 13.1 Å². The summed E-state index contributed by atoms with van der Waals surface area (Å²) in [5.74, 6) is -0.0578. The molecule has 0 radical (unpaired) electrons. The van der Waals surface area contributed by atoms with Crippen LogP contribution in [-0.2, 0) is 16.0 Å². The molecule has 120 valence electrons. The van der Waals surface area contributed by atoms with Gasteiger partial charge < -0.3 is 14.7 Å². The highest BCUT2D eigenvalue weighted by Gasteiger charge is 2.39. The maximum atomic E-state index is 12.4. The summed E-state index contributed by atoms with van der Waals surface area (Å²) in [4.78, 5) is 25.4. The van der Waals surface area contributed by atoms with Crippen LogP contribution in [0, 0.1) is 5.41 Å². The van der Waals surface area contributed by atoms with Gasteiger partial charge in [0.15, 0.2) is 0 Å². The average Bonchev–Trinajstić information content (AvgIpc) is 2.49. The summed E-state index contributed by atoms with van der Waals surface area (Å²) >= 11 is 0. The van der Waals surface area contributed by atoms with Gasteiger partial charge in [-0.25, -0.2) is 0 Å². The number of benzene rings is 1. The molecule has 22 heavy (non-hydrogen) atoms. The minimum atomic E-state index is -0.828. The number of hydrogen-bond acceptors (Lipinski definition) is 3. The van der Waals surface area contributed by atoms with Crippen molar-refractivity contribution >= 4 is 11.9 Å². The molecule has 1 saturated heterocycles. The number of rotatable bonds is 5. The zero-order valence-corrected chi connectivity index (χ0v) is 13.2. The largest absolute Gasteiger partial charge is 0.494 e. The van der Waals surface area contributed by atoms with Crippen LogP contribution < -0.4 is 4.74 Å². The number of nitrogens with zero attached hydrogens (tertiary/aromatic N) is 1. The molecule has 0 aromatic heterocycles. The number of amides is 1. The van der Waals surface area contributed by atoms with Crippen LogP contribution in [0.2, 0.25) is 0 Å². The summed E-state index contributed by atoms with van der Waals surface area (Å²) in [5.41, 5.74) is 0.0864.